The summed E-state index contributed by atoms with van der Waals surface area (Å²) in [6.45, 7) is 4.98. The summed E-state index contributed by atoms with van der Waals surface area (Å²) in [5.74, 6) is -3.31. The van der Waals surface area contributed by atoms with E-state index in [1.807, 2.05) is 51.1 Å². The van der Waals surface area contributed by atoms with Crippen LogP contribution in [0.1, 0.15) is 57.6 Å². The molecule has 0 saturated carbocycles. The SMILES string of the molecule is CC(C)(C)Oc1ccc(C[C@@H]2NC(=O)CNC(=O)[C@@H]3CCCN3C(=O)[C@H](Cc3ccccc3)NC(=O)[C@@H]3CCCN3C(=O)CNC(=O)CNC2=O)cc1. The number of benzene rings is 2. The maximum absolute atomic E-state index is 14.1. The number of hydrogen-bond acceptors (Lipinski definition) is 8. The maximum Gasteiger partial charge on any atom is 0.246 e. The van der Waals surface area contributed by atoms with Crippen LogP contribution in [0.4, 0.5) is 0 Å². The monoisotopic (exact) mass is 731 g/mol. The molecule has 3 aliphatic heterocycles. The topological polar surface area (TPSA) is 195 Å². The van der Waals surface area contributed by atoms with Crippen molar-refractivity contribution >= 4 is 41.4 Å². The molecular formula is C38H49N7O8. The lowest BCUT2D eigenvalue weighted by Gasteiger charge is -2.30. The fourth-order valence-electron chi connectivity index (χ4n) is 6.81. The number of carbonyl (C=O) groups is 7. The average Bonchev–Trinajstić information content (AvgIpc) is 3.82. The number of ether oxygens (including phenoxy) is 1. The van der Waals surface area contributed by atoms with Crippen molar-refractivity contribution in [3.8, 4) is 5.75 Å². The fourth-order valence-corrected chi connectivity index (χ4v) is 6.81. The Morgan fingerprint density at radius 3 is 1.89 bits per heavy atom. The highest BCUT2D eigenvalue weighted by Crippen LogP contribution is 2.22. The van der Waals surface area contributed by atoms with Crippen LogP contribution in [0.3, 0.4) is 0 Å². The first-order valence-corrected chi connectivity index (χ1v) is 18.1. The van der Waals surface area contributed by atoms with Crippen LogP contribution in [-0.4, -0.2) is 114 Å². The molecule has 3 heterocycles. The third kappa shape index (κ3) is 10.8. The normalized spacial score (nSPS) is 24.2. The molecule has 15 heteroatoms. The second kappa shape index (κ2) is 17.4. The average molecular weight is 732 g/mol. The Kier molecular flexibility index (Phi) is 12.7. The lowest BCUT2D eigenvalue weighted by atomic mass is 10.0. The van der Waals surface area contributed by atoms with Gasteiger partial charge in [-0.3, -0.25) is 33.6 Å². The van der Waals surface area contributed by atoms with Gasteiger partial charge >= 0.3 is 0 Å². The molecule has 284 valence electrons. The van der Waals surface area contributed by atoms with Crippen molar-refractivity contribution in [2.45, 2.75) is 89.1 Å². The summed E-state index contributed by atoms with van der Waals surface area (Å²) in [7, 11) is 0. The largest absolute Gasteiger partial charge is 0.488 e. The van der Waals surface area contributed by atoms with E-state index in [9.17, 15) is 33.6 Å². The van der Waals surface area contributed by atoms with Crippen LogP contribution in [0.25, 0.3) is 0 Å². The van der Waals surface area contributed by atoms with Gasteiger partial charge in [0.2, 0.25) is 41.4 Å². The minimum absolute atomic E-state index is 0.0620. The summed E-state index contributed by atoms with van der Waals surface area (Å²) < 4.78 is 5.88. The molecule has 4 atom stereocenters. The molecule has 7 amide bonds. The highest BCUT2D eigenvalue weighted by Gasteiger charge is 2.40. The molecule has 0 unspecified atom stereocenters. The van der Waals surface area contributed by atoms with Gasteiger partial charge in [0, 0.05) is 25.9 Å². The minimum Gasteiger partial charge on any atom is -0.488 e. The van der Waals surface area contributed by atoms with Gasteiger partial charge in [-0.2, -0.15) is 0 Å². The number of amides is 7. The molecule has 5 N–H and O–H groups in total. The van der Waals surface area contributed by atoms with E-state index >= 15 is 0 Å². The van der Waals surface area contributed by atoms with Gasteiger partial charge in [0.25, 0.3) is 0 Å². The summed E-state index contributed by atoms with van der Waals surface area (Å²) in [4.78, 5) is 96.6. The van der Waals surface area contributed by atoms with Gasteiger partial charge in [0.05, 0.1) is 19.6 Å². The van der Waals surface area contributed by atoms with Crippen molar-refractivity contribution in [1.82, 2.24) is 36.4 Å². The van der Waals surface area contributed by atoms with E-state index in [1.165, 1.54) is 9.80 Å². The Bertz CT molecular complexity index is 1680. The minimum atomic E-state index is -1.12. The lowest BCUT2D eigenvalue weighted by molar-refractivity contribution is -0.143. The number of nitrogens with one attached hydrogen (secondary N) is 5. The van der Waals surface area contributed by atoms with Gasteiger partial charge in [-0.05, 0) is 69.7 Å². The van der Waals surface area contributed by atoms with E-state index in [2.05, 4.69) is 26.6 Å². The fraction of sp³-hybridized carbons (Fsp3) is 0.500. The lowest BCUT2D eigenvalue weighted by Crippen LogP contribution is -2.57. The van der Waals surface area contributed by atoms with Crippen molar-refractivity contribution in [2.24, 2.45) is 0 Å². The number of nitrogens with zero attached hydrogens (tertiary/aromatic N) is 2. The molecule has 2 aromatic rings. The standard InChI is InChI=1S/C38H49N7O8/c1-38(2,3)53-26-15-13-25(14-16-26)19-27-34(49)40-21-31(46)39-23-33(48)44-17-7-12-30(44)36(51)43-28(20-24-9-5-4-6-10-24)37(52)45-18-8-11-29(45)35(50)41-22-32(47)42-27/h4-6,9-10,13-16,27-30H,7-8,11-12,17-23H2,1-3H3,(H,39,46)(H,40,49)(H,41,50)(H,42,47)(H,43,51)/t27-,28-,29-,30-/m0/s1. The highest BCUT2D eigenvalue weighted by atomic mass is 16.5. The van der Waals surface area contributed by atoms with E-state index in [4.69, 9.17) is 4.74 Å². The third-order valence-corrected chi connectivity index (χ3v) is 9.33. The molecule has 3 aliphatic rings. The Hall–Kier alpha value is -5.47. The van der Waals surface area contributed by atoms with Crippen LogP contribution in [0.15, 0.2) is 54.6 Å². The van der Waals surface area contributed by atoms with Crippen molar-refractivity contribution in [3.63, 3.8) is 0 Å². The number of carbonyl (C=O) groups excluding carboxylic acids is 7. The smallest absolute Gasteiger partial charge is 0.246 e. The molecule has 0 aromatic heterocycles. The number of hydrogen-bond donors (Lipinski definition) is 5. The van der Waals surface area contributed by atoms with Crippen LogP contribution < -0.4 is 31.3 Å². The van der Waals surface area contributed by atoms with Crippen LogP contribution >= 0.6 is 0 Å². The zero-order valence-electron chi connectivity index (χ0n) is 30.4. The molecular weight excluding hydrogens is 682 g/mol. The third-order valence-electron chi connectivity index (χ3n) is 9.33. The van der Waals surface area contributed by atoms with Gasteiger partial charge in [-0.25, -0.2) is 0 Å². The van der Waals surface area contributed by atoms with E-state index in [0.717, 1.165) is 5.56 Å². The van der Waals surface area contributed by atoms with Gasteiger partial charge in [0.1, 0.15) is 35.5 Å². The summed E-state index contributed by atoms with van der Waals surface area (Å²) in [6.07, 6.45) is 2.05. The predicted molar refractivity (Wildman–Crippen MR) is 193 cm³/mol. The van der Waals surface area contributed by atoms with Crippen LogP contribution in [-0.2, 0) is 46.4 Å². The number of rotatable bonds is 5. The summed E-state index contributed by atoms with van der Waals surface area (Å²) in [6, 6.07) is 12.3. The Balaban J connectivity index is 1.37. The quantitative estimate of drug-likeness (QED) is 0.283. The Morgan fingerprint density at radius 2 is 1.21 bits per heavy atom. The van der Waals surface area contributed by atoms with Gasteiger partial charge in [-0.15, -0.1) is 0 Å². The van der Waals surface area contributed by atoms with E-state index in [-0.39, 0.29) is 19.4 Å². The van der Waals surface area contributed by atoms with E-state index in [0.29, 0.717) is 43.5 Å². The zero-order valence-corrected chi connectivity index (χ0v) is 30.4. The van der Waals surface area contributed by atoms with E-state index < -0.39 is 90.8 Å². The molecule has 0 radical (unpaired) electrons. The van der Waals surface area contributed by atoms with Gasteiger partial charge < -0.3 is 41.1 Å². The summed E-state index contributed by atoms with van der Waals surface area (Å²) >= 11 is 0. The van der Waals surface area contributed by atoms with Gasteiger partial charge in [0.15, 0.2) is 0 Å². The molecule has 0 aliphatic carbocycles. The van der Waals surface area contributed by atoms with Gasteiger partial charge in [-0.1, -0.05) is 42.5 Å². The maximum atomic E-state index is 14.1. The Labute approximate surface area is 308 Å². The first kappa shape index (κ1) is 38.8. The molecule has 2 aromatic carbocycles. The Morgan fingerprint density at radius 1 is 0.623 bits per heavy atom. The highest BCUT2D eigenvalue weighted by molar-refractivity contribution is 5.97. The second-order valence-electron chi connectivity index (χ2n) is 14.6. The first-order chi connectivity index (χ1) is 25.3. The molecule has 5 rings (SSSR count). The van der Waals surface area contributed by atoms with Crippen molar-refractivity contribution in [1.29, 1.82) is 0 Å². The van der Waals surface area contributed by atoms with E-state index in [1.54, 1.807) is 24.3 Å². The molecule has 3 saturated heterocycles. The van der Waals surface area contributed by atoms with Crippen LogP contribution in [0.2, 0.25) is 0 Å². The van der Waals surface area contributed by atoms with Crippen LogP contribution in [0.5, 0.6) is 5.75 Å². The van der Waals surface area contributed by atoms with Crippen molar-refractivity contribution < 1.29 is 38.3 Å². The zero-order chi connectivity index (χ0) is 38.1. The molecule has 3 fully saturated rings. The van der Waals surface area contributed by atoms with Crippen LogP contribution in [0, 0.1) is 0 Å². The first-order valence-electron chi connectivity index (χ1n) is 18.1. The van der Waals surface area contributed by atoms with Crippen molar-refractivity contribution in [3.05, 3.63) is 65.7 Å². The molecule has 0 spiro atoms. The molecule has 53 heavy (non-hydrogen) atoms. The summed E-state index contributed by atoms with van der Waals surface area (Å²) in [5.41, 5.74) is 1.08. The molecule has 0 bridgehead atoms. The second-order valence-corrected chi connectivity index (χ2v) is 14.6. The molecule has 15 nitrogen and oxygen atoms in total. The van der Waals surface area contributed by atoms with Crippen molar-refractivity contribution in [2.75, 3.05) is 32.7 Å². The number of fused-ring (bicyclic) bond motifs is 2. The summed E-state index contributed by atoms with van der Waals surface area (Å²) in [5, 5.41) is 13.2. The predicted octanol–water partition coefficient (Wildman–Crippen LogP) is -0.0371.